The Labute approximate surface area is 73.3 Å². The highest BCUT2D eigenvalue weighted by atomic mass is 16.2. The van der Waals surface area contributed by atoms with Crippen molar-refractivity contribution in [2.24, 2.45) is 11.8 Å². The Bertz CT molecular complexity index is 170. The molecule has 1 aliphatic heterocycles. The van der Waals surface area contributed by atoms with Crippen LogP contribution in [0.25, 0.3) is 0 Å². The van der Waals surface area contributed by atoms with E-state index < -0.39 is 0 Å². The number of hydrogen-bond donors (Lipinski definition) is 2. The van der Waals surface area contributed by atoms with E-state index in [1.807, 2.05) is 14.1 Å². The van der Waals surface area contributed by atoms with Gasteiger partial charge in [-0.15, -0.1) is 0 Å². The summed E-state index contributed by atoms with van der Waals surface area (Å²) in [4.78, 5) is 11.5. The molecule has 12 heavy (non-hydrogen) atoms. The van der Waals surface area contributed by atoms with Crippen LogP contribution in [0.5, 0.6) is 0 Å². The Morgan fingerprint density at radius 1 is 1.50 bits per heavy atom. The van der Waals surface area contributed by atoms with Gasteiger partial charge in [-0.05, 0) is 12.5 Å². The first kappa shape index (κ1) is 9.48. The van der Waals surface area contributed by atoms with E-state index in [1.165, 1.54) is 0 Å². The molecule has 0 saturated carbocycles. The lowest BCUT2D eigenvalue weighted by atomic mass is 9.98. The maximum atomic E-state index is 11.5. The molecule has 4 heteroatoms. The first-order valence-corrected chi connectivity index (χ1v) is 4.30. The van der Waals surface area contributed by atoms with Crippen LogP contribution < -0.4 is 10.7 Å². The standard InChI is InChI=1S/C8H17N3O/c1-6-4-9-5-7(6)8(12)10-11(2)3/h6-7,9H,4-5H2,1-3H3,(H,10,12)/t6-,7-/m1/s1. The van der Waals surface area contributed by atoms with Crippen molar-refractivity contribution in [1.29, 1.82) is 0 Å². The SMILES string of the molecule is C[C@@H]1CNC[C@H]1C(=O)NN(C)C. The Balaban J connectivity index is 2.41. The van der Waals surface area contributed by atoms with E-state index in [0.717, 1.165) is 13.1 Å². The first-order valence-electron chi connectivity index (χ1n) is 4.30. The van der Waals surface area contributed by atoms with Gasteiger partial charge in [-0.2, -0.15) is 0 Å². The van der Waals surface area contributed by atoms with Gasteiger partial charge in [0.2, 0.25) is 5.91 Å². The minimum atomic E-state index is 0.123. The van der Waals surface area contributed by atoms with Crippen LogP contribution in [-0.4, -0.2) is 38.1 Å². The third-order valence-electron chi connectivity index (χ3n) is 2.19. The number of amides is 1. The van der Waals surface area contributed by atoms with E-state index in [-0.39, 0.29) is 11.8 Å². The number of carbonyl (C=O) groups is 1. The number of nitrogens with zero attached hydrogens (tertiary/aromatic N) is 1. The van der Waals surface area contributed by atoms with Gasteiger partial charge >= 0.3 is 0 Å². The molecule has 0 bridgehead atoms. The van der Waals surface area contributed by atoms with Gasteiger partial charge in [-0.1, -0.05) is 6.92 Å². The molecule has 2 N–H and O–H groups in total. The summed E-state index contributed by atoms with van der Waals surface area (Å²) in [6, 6.07) is 0. The van der Waals surface area contributed by atoms with Gasteiger partial charge < -0.3 is 5.32 Å². The summed E-state index contributed by atoms with van der Waals surface area (Å²) in [5.41, 5.74) is 2.77. The van der Waals surface area contributed by atoms with Crippen molar-refractivity contribution in [3.8, 4) is 0 Å². The van der Waals surface area contributed by atoms with Crippen LogP contribution in [0.4, 0.5) is 0 Å². The molecular weight excluding hydrogens is 154 g/mol. The largest absolute Gasteiger partial charge is 0.316 e. The summed E-state index contributed by atoms with van der Waals surface area (Å²) in [6.07, 6.45) is 0. The topological polar surface area (TPSA) is 44.4 Å². The summed E-state index contributed by atoms with van der Waals surface area (Å²) < 4.78 is 0. The van der Waals surface area contributed by atoms with Crippen LogP contribution in [0.1, 0.15) is 6.92 Å². The first-order chi connectivity index (χ1) is 5.61. The fourth-order valence-corrected chi connectivity index (χ4v) is 1.46. The third kappa shape index (κ3) is 2.19. The van der Waals surface area contributed by atoms with Crippen LogP contribution in [0, 0.1) is 11.8 Å². The molecule has 1 fully saturated rings. The number of hydrazine groups is 1. The predicted octanol–water partition coefficient (Wildman–Crippen LogP) is -0.565. The molecule has 0 aromatic rings. The van der Waals surface area contributed by atoms with E-state index in [4.69, 9.17) is 0 Å². The highest BCUT2D eigenvalue weighted by Gasteiger charge is 2.29. The Hall–Kier alpha value is -0.610. The zero-order valence-corrected chi connectivity index (χ0v) is 7.92. The molecule has 0 radical (unpaired) electrons. The van der Waals surface area contributed by atoms with E-state index in [9.17, 15) is 4.79 Å². The van der Waals surface area contributed by atoms with Crippen LogP contribution in [-0.2, 0) is 4.79 Å². The number of nitrogens with one attached hydrogen (secondary N) is 2. The zero-order chi connectivity index (χ0) is 9.14. The highest BCUT2D eigenvalue weighted by Crippen LogP contribution is 2.15. The fourth-order valence-electron chi connectivity index (χ4n) is 1.46. The molecule has 1 rings (SSSR count). The average Bonchev–Trinajstić information content (AvgIpc) is 2.33. The van der Waals surface area contributed by atoms with Gasteiger partial charge in [0.05, 0.1) is 5.92 Å². The van der Waals surface area contributed by atoms with Gasteiger partial charge in [0.25, 0.3) is 0 Å². The summed E-state index contributed by atoms with van der Waals surface area (Å²) in [5.74, 6) is 0.704. The maximum absolute atomic E-state index is 11.5. The molecule has 0 unspecified atom stereocenters. The van der Waals surface area contributed by atoms with Crippen molar-refractivity contribution in [3.63, 3.8) is 0 Å². The molecule has 2 atom stereocenters. The molecule has 70 valence electrons. The maximum Gasteiger partial charge on any atom is 0.238 e. The van der Waals surface area contributed by atoms with Crippen LogP contribution in [0.2, 0.25) is 0 Å². The van der Waals surface area contributed by atoms with E-state index in [0.29, 0.717) is 5.92 Å². The molecule has 0 aromatic heterocycles. The summed E-state index contributed by atoms with van der Waals surface area (Å²) >= 11 is 0. The molecule has 1 aliphatic rings. The second-order valence-electron chi connectivity index (χ2n) is 3.61. The van der Waals surface area contributed by atoms with Crippen molar-refractivity contribution in [2.45, 2.75) is 6.92 Å². The molecule has 1 amide bonds. The number of rotatable bonds is 2. The second kappa shape index (κ2) is 3.87. The Morgan fingerprint density at radius 3 is 2.58 bits per heavy atom. The van der Waals surface area contributed by atoms with Crippen LogP contribution >= 0.6 is 0 Å². The lowest BCUT2D eigenvalue weighted by Gasteiger charge is -2.17. The minimum absolute atomic E-state index is 0.123. The number of hydrogen-bond acceptors (Lipinski definition) is 3. The smallest absolute Gasteiger partial charge is 0.238 e. The minimum Gasteiger partial charge on any atom is -0.316 e. The molecular formula is C8H17N3O. The Morgan fingerprint density at radius 2 is 2.17 bits per heavy atom. The monoisotopic (exact) mass is 171 g/mol. The summed E-state index contributed by atoms with van der Waals surface area (Å²) in [5, 5.41) is 4.88. The fraction of sp³-hybridized carbons (Fsp3) is 0.875. The lowest BCUT2D eigenvalue weighted by Crippen LogP contribution is -2.42. The van der Waals surface area contributed by atoms with Gasteiger partial charge in [0, 0.05) is 20.6 Å². The Kier molecular flexibility index (Phi) is 3.05. The zero-order valence-electron chi connectivity index (χ0n) is 7.92. The van der Waals surface area contributed by atoms with Crippen LogP contribution in [0.15, 0.2) is 0 Å². The van der Waals surface area contributed by atoms with Crippen molar-refractivity contribution >= 4 is 5.91 Å². The van der Waals surface area contributed by atoms with Gasteiger partial charge in [0.1, 0.15) is 0 Å². The van der Waals surface area contributed by atoms with Crippen molar-refractivity contribution in [1.82, 2.24) is 15.8 Å². The van der Waals surface area contributed by atoms with Gasteiger partial charge in [-0.25, -0.2) is 5.01 Å². The molecule has 0 aromatic carbocycles. The van der Waals surface area contributed by atoms with E-state index in [2.05, 4.69) is 17.7 Å². The lowest BCUT2D eigenvalue weighted by molar-refractivity contribution is -0.129. The van der Waals surface area contributed by atoms with Crippen molar-refractivity contribution < 1.29 is 4.79 Å². The molecule has 4 nitrogen and oxygen atoms in total. The van der Waals surface area contributed by atoms with E-state index in [1.54, 1.807) is 5.01 Å². The van der Waals surface area contributed by atoms with Crippen molar-refractivity contribution in [3.05, 3.63) is 0 Å². The molecule has 1 saturated heterocycles. The normalized spacial score (nSPS) is 29.3. The van der Waals surface area contributed by atoms with Crippen LogP contribution in [0.3, 0.4) is 0 Å². The molecule has 0 spiro atoms. The van der Waals surface area contributed by atoms with E-state index >= 15 is 0 Å². The molecule has 0 aliphatic carbocycles. The summed E-state index contributed by atoms with van der Waals surface area (Å²) in [6.45, 7) is 3.85. The average molecular weight is 171 g/mol. The quantitative estimate of drug-likeness (QED) is 0.547. The third-order valence-corrected chi connectivity index (χ3v) is 2.19. The second-order valence-corrected chi connectivity index (χ2v) is 3.61. The van der Waals surface area contributed by atoms with Gasteiger partial charge in [-0.3, -0.25) is 10.2 Å². The van der Waals surface area contributed by atoms with Gasteiger partial charge in [0.15, 0.2) is 0 Å². The predicted molar refractivity (Wildman–Crippen MR) is 47.4 cm³/mol. The number of carbonyl (C=O) groups excluding carboxylic acids is 1. The van der Waals surface area contributed by atoms with Crippen molar-refractivity contribution in [2.75, 3.05) is 27.2 Å². The summed E-state index contributed by atoms with van der Waals surface area (Å²) in [7, 11) is 3.65. The highest BCUT2D eigenvalue weighted by molar-refractivity contribution is 5.79. The molecule has 1 heterocycles.